The molecule has 1 fully saturated rings. The number of rotatable bonds is 4. The minimum absolute atomic E-state index is 0.641. The molecule has 0 spiro atoms. The van der Waals surface area contributed by atoms with Crippen LogP contribution < -0.4 is 5.32 Å². The van der Waals surface area contributed by atoms with Crippen molar-refractivity contribution in [2.75, 3.05) is 6.54 Å². The fourth-order valence-corrected chi connectivity index (χ4v) is 2.24. The third kappa shape index (κ3) is 4.02. The molecule has 1 atom stereocenters. The smallest absolute Gasteiger partial charge is 0.0176 e. The van der Waals surface area contributed by atoms with Crippen molar-refractivity contribution in [3.8, 4) is 0 Å². The highest BCUT2D eigenvalue weighted by Gasteiger charge is 2.19. The largest absolute Gasteiger partial charge is 0.310 e. The molecule has 0 aliphatic heterocycles. The van der Waals surface area contributed by atoms with Gasteiger partial charge in [0.2, 0.25) is 0 Å². The highest BCUT2D eigenvalue weighted by molar-refractivity contribution is 6.25. The second kappa shape index (κ2) is 6.47. The fourth-order valence-electron chi connectivity index (χ4n) is 2.16. The molecule has 1 aliphatic rings. The summed E-state index contributed by atoms with van der Waals surface area (Å²) in [5.41, 5.74) is 2.88. The van der Waals surface area contributed by atoms with E-state index in [0.29, 0.717) is 6.04 Å². The van der Waals surface area contributed by atoms with Crippen LogP contribution >= 0.6 is 11.6 Å². The van der Waals surface area contributed by atoms with Crippen molar-refractivity contribution >= 4 is 11.6 Å². The van der Waals surface area contributed by atoms with Gasteiger partial charge in [0, 0.05) is 18.1 Å². The molecule has 82 valence electrons. The van der Waals surface area contributed by atoms with E-state index in [9.17, 15) is 0 Å². The van der Waals surface area contributed by atoms with E-state index in [0.717, 1.165) is 12.5 Å². The Bertz CT molecular complexity index is 183. The molecule has 0 bridgehead atoms. The van der Waals surface area contributed by atoms with E-state index < -0.39 is 0 Å². The molecule has 0 heterocycles. The van der Waals surface area contributed by atoms with Gasteiger partial charge in [-0.2, -0.15) is 0 Å². The van der Waals surface area contributed by atoms with Gasteiger partial charge in [-0.15, -0.1) is 0 Å². The van der Waals surface area contributed by atoms with Crippen LogP contribution in [0.5, 0.6) is 0 Å². The minimum Gasteiger partial charge on any atom is -0.310 e. The van der Waals surface area contributed by atoms with Crippen LogP contribution in [0.3, 0.4) is 0 Å². The Morgan fingerprint density at radius 1 is 1.43 bits per heavy atom. The van der Waals surface area contributed by atoms with E-state index in [4.69, 9.17) is 11.6 Å². The Hall–Kier alpha value is -0.0100. The lowest BCUT2D eigenvalue weighted by atomic mass is 9.84. The highest BCUT2D eigenvalue weighted by Crippen LogP contribution is 2.26. The van der Waals surface area contributed by atoms with Crippen LogP contribution in [0.2, 0.25) is 0 Å². The molecule has 1 N–H and O–H groups in total. The Kier molecular flexibility index (Phi) is 5.57. The predicted octanol–water partition coefficient (Wildman–Crippen LogP) is 3.69. The Labute approximate surface area is 92.9 Å². The van der Waals surface area contributed by atoms with Crippen LogP contribution in [-0.4, -0.2) is 12.6 Å². The topological polar surface area (TPSA) is 12.0 Å². The summed E-state index contributed by atoms with van der Waals surface area (Å²) in [5, 5.41) is 3.55. The third-order valence-corrected chi connectivity index (χ3v) is 3.62. The monoisotopic (exact) mass is 215 g/mol. The lowest BCUT2D eigenvalue weighted by Gasteiger charge is -2.28. The molecule has 1 unspecified atom stereocenters. The lowest BCUT2D eigenvalue weighted by molar-refractivity contribution is 0.286. The molecule has 0 aromatic carbocycles. The quantitative estimate of drug-likeness (QED) is 0.755. The molecule has 0 aromatic heterocycles. The summed E-state index contributed by atoms with van der Waals surface area (Å²) in [4.78, 5) is 0. The van der Waals surface area contributed by atoms with Gasteiger partial charge in [0.05, 0.1) is 0 Å². The van der Waals surface area contributed by atoms with Gasteiger partial charge in [-0.25, -0.2) is 0 Å². The summed E-state index contributed by atoms with van der Waals surface area (Å²) in [7, 11) is 0. The zero-order valence-electron chi connectivity index (χ0n) is 9.35. The lowest BCUT2D eigenvalue weighted by Crippen LogP contribution is -2.35. The predicted molar refractivity (Wildman–Crippen MR) is 63.6 cm³/mol. The van der Waals surface area contributed by atoms with Crippen LogP contribution in [0.15, 0.2) is 11.1 Å². The van der Waals surface area contributed by atoms with Gasteiger partial charge in [-0.1, -0.05) is 30.9 Å². The maximum atomic E-state index is 5.62. The van der Waals surface area contributed by atoms with Gasteiger partial charge in [0.15, 0.2) is 0 Å². The first kappa shape index (κ1) is 12.1. The van der Waals surface area contributed by atoms with Crippen molar-refractivity contribution in [1.82, 2.24) is 5.32 Å². The van der Waals surface area contributed by atoms with Gasteiger partial charge in [0.1, 0.15) is 0 Å². The van der Waals surface area contributed by atoms with Crippen LogP contribution in [0.4, 0.5) is 0 Å². The molecule has 0 radical (unpaired) electrons. The van der Waals surface area contributed by atoms with Crippen LogP contribution in [0, 0.1) is 5.92 Å². The molecule has 2 heteroatoms. The second-order valence-electron chi connectivity index (χ2n) is 4.52. The van der Waals surface area contributed by atoms with Crippen molar-refractivity contribution < 1.29 is 0 Å². The van der Waals surface area contributed by atoms with E-state index in [1.165, 1.54) is 37.7 Å². The van der Waals surface area contributed by atoms with Gasteiger partial charge < -0.3 is 5.32 Å². The number of hydrogen-bond donors (Lipinski definition) is 1. The fraction of sp³-hybridized carbons (Fsp3) is 0.833. The van der Waals surface area contributed by atoms with Crippen LogP contribution in [0.1, 0.15) is 46.0 Å². The molecule has 1 saturated carbocycles. The van der Waals surface area contributed by atoms with Crippen LogP contribution in [0.25, 0.3) is 0 Å². The van der Waals surface area contributed by atoms with E-state index >= 15 is 0 Å². The molecule has 1 rings (SSSR count). The van der Waals surface area contributed by atoms with Gasteiger partial charge >= 0.3 is 0 Å². The van der Waals surface area contributed by atoms with Gasteiger partial charge in [-0.3, -0.25) is 0 Å². The standard InChI is InChI=1S/C12H22ClN/c1-10(8-13)9-14-11(2)12-6-4-3-5-7-12/h8,11-12,14H,3-7,9H2,1-2H3. The maximum Gasteiger partial charge on any atom is 0.0176 e. The molecule has 0 amide bonds. The minimum atomic E-state index is 0.641. The van der Waals surface area contributed by atoms with Crippen molar-refractivity contribution in [3.63, 3.8) is 0 Å². The summed E-state index contributed by atoms with van der Waals surface area (Å²) in [6.07, 6.45) is 7.07. The van der Waals surface area contributed by atoms with Crippen molar-refractivity contribution in [3.05, 3.63) is 11.1 Å². The van der Waals surface area contributed by atoms with E-state index in [2.05, 4.69) is 19.2 Å². The summed E-state index contributed by atoms with van der Waals surface area (Å²) < 4.78 is 0. The average molecular weight is 216 g/mol. The number of nitrogens with one attached hydrogen (secondary N) is 1. The van der Waals surface area contributed by atoms with E-state index in [-0.39, 0.29) is 0 Å². The molecule has 0 aromatic rings. The third-order valence-electron chi connectivity index (χ3n) is 3.25. The zero-order valence-corrected chi connectivity index (χ0v) is 10.1. The first-order valence-electron chi connectivity index (χ1n) is 5.73. The van der Waals surface area contributed by atoms with Gasteiger partial charge in [0.25, 0.3) is 0 Å². The summed E-state index contributed by atoms with van der Waals surface area (Å²) >= 11 is 5.62. The normalized spacial score (nSPS) is 22.4. The summed E-state index contributed by atoms with van der Waals surface area (Å²) in [6.45, 7) is 5.30. The zero-order chi connectivity index (χ0) is 10.4. The number of hydrogen-bond acceptors (Lipinski definition) is 1. The van der Waals surface area contributed by atoms with E-state index in [1.807, 2.05) is 0 Å². The SMILES string of the molecule is CC(=CCl)CNC(C)C1CCCCC1. The molecule has 1 nitrogen and oxygen atoms in total. The highest BCUT2D eigenvalue weighted by atomic mass is 35.5. The molecule has 1 aliphatic carbocycles. The average Bonchev–Trinajstić information content (AvgIpc) is 2.26. The van der Waals surface area contributed by atoms with Crippen LogP contribution in [-0.2, 0) is 0 Å². The van der Waals surface area contributed by atoms with Crippen molar-refractivity contribution in [2.45, 2.75) is 52.0 Å². The molecular weight excluding hydrogens is 194 g/mol. The first-order chi connectivity index (χ1) is 6.74. The van der Waals surface area contributed by atoms with Crippen molar-refractivity contribution in [2.24, 2.45) is 5.92 Å². The summed E-state index contributed by atoms with van der Waals surface area (Å²) in [5.74, 6) is 0.881. The second-order valence-corrected chi connectivity index (χ2v) is 4.74. The molecule has 0 saturated heterocycles. The van der Waals surface area contributed by atoms with Gasteiger partial charge in [-0.05, 0) is 38.2 Å². The Morgan fingerprint density at radius 3 is 2.64 bits per heavy atom. The maximum absolute atomic E-state index is 5.62. The molecular formula is C12H22ClN. The Balaban J connectivity index is 2.22. The number of halogens is 1. The Morgan fingerprint density at radius 2 is 2.07 bits per heavy atom. The summed E-state index contributed by atoms with van der Waals surface area (Å²) in [6, 6.07) is 0.641. The van der Waals surface area contributed by atoms with Crippen molar-refractivity contribution in [1.29, 1.82) is 0 Å². The molecule has 14 heavy (non-hydrogen) atoms. The first-order valence-corrected chi connectivity index (χ1v) is 6.17. The van der Waals surface area contributed by atoms with E-state index in [1.54, 1.807) is 5.54 Å².